The maximum atomic E-state index is 13.1. The van der Waals surface area contributed by atoms with Gasteiger partial charge >= 0.3 is 0 Å². The molecule has 0 saturated heterocycles. The van der Waals surface area contributed by atoms with E-state index >= 15 is 0 Å². The van der Waals surface area contributed by atoms with Crippen molar-refractivity contribution in [1.29, 1.82) is 0 Å². The van der Waals surface area contributed by atoms with Gasteiger partial charge in [-0.1, -0.05) is 58.5 Å². The molecule has 0 unspecified atom stereocenters. The average Bonchev–Trinajstić information content (AvgIpc) is 2.69. The molecule has 2 rings (SSSR count). The number of amides is 2. The summed E-state index contributed by atoms with van der Waals surface area (Å²) >= 11 is 26.4. The zero-order chi connectivity index (χ0) is 23.1. The molecule has 2 aromatic rings. The Hall–Kier alpha value is -1.11. The normalized spacial score (nSPS) is 12.0. The van der Waals surface area contributed by atoms with E-state index in [0.29, 0.717) is 31.4 Å². The molecule has 0 radical (unpaired) electrons. The molecule has 2 amide bonds. The monoisotopic (exact) mass is 520 g/mol. The fourth-order valence-corrected chi connectivity index (χ4v) is 5.00. The van der Waals surface area contributed by atoms with E-state index < -0.39 is 6.04 Å². The SMILES string of the molecule is CC(C)NC(=O)[C@@H](C)N(Cc1c(Cl)cccc1Cl)C(=O)CSCc1c(Cl)cccc1Cl. The number of thioether (sulfide) groups is 1. The van der Waals surface area contributed by atoms with Gasteiger partial charge in [0.1, 0.15) is 6.04 Å². The lowest BCUT2D eigenvalue weighted by atomic mass is 10.1. The molecule has 0 spiro atoms. The van der Waals surface area contributed by atoms with Gasteiger partial charge in [0, 0.05) is 44.0 Å². The summed E-state index contributed by atoms with van der Waals surface area (Å²) in [4.78, 5) is 27.3. The zero-order valence-corrected chi connectivity index (χ0v) is 21.3. The van der Waals surface area contributed by atoms with Crippen LogP contribution in [0.1, 0.15) is 31.9 Å². The Labute approximate surface area is 207 Å². The number of carbonyl (C=O) groups is 2. The first-order valence-electron chi connectivity index (χ1n) is 9.65. The van der Waals surface area contributed by atoms with Crippen LogP contribution in [-0.4, -0.2) is 34.6 Å². The Morgan fingerprint density at radius 1 is 0.903 bits per heavy atom. The van der Waals surface area contributed by atoms with Crippen molar-refractivity contribution in [2.75, 3.05) is 5.75 Å². The first-order valence-corrected chi connectivity index (χ1v) is 12.3. The van der Waals surface area contributed by atoms with Crippen molar-refractivity contribution >= 4 is 70.0 Å². The molecule has 31 heavy (non-hydrogen) atoms. The van der Waals surface area contributed by atoms with Crippen LogP contribution in [0.5, 0.6) is 0 Å². The van der Waals surface area contributed by atoms with Crippen LogP contribution in [0, 0.1) is 0 Å². The number of rotatable bonds is 9. The molecular weight excluding hydrogens is 498 g/mol. The second kappa shape index (κ2) is 12.2. The van der Waals surface area contributed by atoms with Crippen LogP contribution in [0.4, 0.5) is 0 Å². The molecule has 2 aromatic carbocycles. The van der Waals surface area contributed by atoms with Gasteiger partial charge in [0.05, 0.1) is 5.75 Å². The molecule has 0 aliphatic rings. The van der Waals surface area contributed by atoms with E-state index in [1.807, 2.05) is 13.8 Å². The van der Waals surface area contributed by atoms with Gasteiger partial charge in [-0.15, -0.1) is 11.8 Å². The fourth-order valence-electron chi connectivity index (χ4n) is 2.84. The van der Waals surface area contributed by atoms with Gasteiger partial charge in [-0.3, -0.25) is 9.59 Å². The van der Waals surface area contributed by atoms with E-state index in [4.69, 9.17) is 46.4 Å². The number of nitrogens with one attached hydrogen (secondary N) is 1. The van der Waals surface area contributed by atoms with E-state index in [1.165, 1.54) is 16.7 Å². The van der Waals surface area contributed by atoms with Crippen LogP contribution >= 0.6 is 58.2 Å². The highest BCUT2D eigenvalue weighted by Gasteiger charge is 2.27. The summed E-state index contributed by atoms with van der Waals surface area (Å²) in [5, 5.41) is 4.84. The topological polar surface area (TPSA) is 49.4 Å². The molecule has 168 valence electrons. The second-order valence-corrected chi connectivity index (χ2v) is 9.87. The van der Waals surface area contributed by atoms with Crippen molar-refractivity contribution in [3.8, 4) is 0 Å². The Balaban J connectivity index is 2.18. The van der Waals surface area contributed by atoms with Gasteiger partial charge in [0.2, 0.25) is 11.8 Å². The third-order valence-electron chi connectivity index (χ3n) is 4.52. The van der Waals surface area contributed by atoms with Crippen molar-refractivity contribution < 1.29 is 9.59 Å². The van der Waals surface area contributed by atoms with E-state index in [0.717, 1.165) is 5.56 Å². The number of nitrogens with zero attached hydrogens (tertiary/aromatic N) is 1. The van der Waals surface area contributed by atoms with Crippen molar-refractivity contribution in [2.45, 2.75) is 45.2 Å². The Morgan fingerprint density at radius 2 is 1.39 bits per heavy atom. The summed E-state index contributed by atoms with van der Waals surface area (Å²) in [6, 6.07) is 9.69. The number of hydrogen-bond acceptors (Lipinski definition) is 3. The zero-order valence-electron chi connectivity index (χ0n) is 17.4. The summed E-state index contributed by atoms with van der Waals surface area (Å²) in [6.45, 7) is 5.54. The number of hydrogen-bond donors (Lipinski definition) is 1. The third kappa shape index (κ3) is 7.47. The predicted molar refractivity (Wildman–Crippen MR) is 132 cm³/mol. The Morgan fingerprint density at radius 3 is 1.87 bits per heavy atom. The molecule has 0 bridgehead atoms. The average molecular weight is 522 g/mol. The highest BCUT2D eigenvalue weighted by atomic mass is 35.5. The maximum absolute atomic E-state index is 13.1. The fraction of sp³-hybridized carbons (Fsp3) is 0.364. The third-order valence-corrected chi connectivity index (χ3v) is 6.88. The van der Waals surface area contributed by atoms with Crippen LogP contribution in [0.3, 0.4) is 0 Å². The number of benzene rings is 2. The van der Waals surface area contributed by atoms with Crippen LogP contribution in [0.15, 0.2) is 36.4 Å². The molecular formula is C22H24Cl4N2O2S. The highest BCUT2D eigenvalue weighted by molar-refractivity contribution is 7.99. The van der Waals surface area contributed by atoms with E-state index in [-0.39, 0.29) is 30.2 Å². The van der Waals surface area contributed by atoms with Gasteiger partial charge in [-0.2, -0.15) is 0 Å². The molecule has 0 aliphatic carbocycles. The van der Waals surface area contributed by atoms with Gasteiger partial charge in [0.15, 0.2) is 0 Å². The lowest BCUT2D eigenvalue weighted by molar-refractivity contribution is -0.138. The first-order chi connectivity index (χ1) is 14.6. The minimum atomic E-state index is -0.702. The van der Waals surface area contributed by atoms with Crippen LogP contribution < -0.4 is 5.32 Å². The van der Waals surface area contributed by atoms with E-state index in [9.17, 15) is 9.59 Å². The molecule has 1 atom stereocenters. The van der Waals surface area contributed by atoms with E-state index in [1.54, 1.807) is 43.3 Å². The van der Waals surface area contributed by atoms with Gasteiger partial charge in [0.25, 0.3) is 0 Å². The first kappa shape index (κ1) is 26.1. The van der Waals surface area contributed by atoms with Crippen molar-refractivity contribution in [1.82, 2.24) is 10.2 Å². The second-order valence-electron chi connectivity index (χ2n) is 7.25. The quantitative estimate of drug-likeness (QED) is 0.411. The van der Waals surface area contributed by atoms with Crippen molar-refractivity contribution in [2.24, 2.45) is 0 Å². The van der Waals surface area contributed by atoms with E-state index in [2.05, 4.69) is 5.32 Å². The molecule has 0 aliphatic heterocycles. The molecule has 9 heteroatoms. The summed E-state index contributed by atoms with van der Waals surface area (Å²) in [5.41, 5.74) is 1.37. The lowest BCUT2D eigenvalue weighted by Crippen LogP contribution is -2.49. The van der Waals surface area contributed by atoms with Crippen molar-refractivity contribution in [3.05, 3.63) is 67.6 Å². The molecule has 4 nitrogen and oxygen atoms in total. The van der Waals surface area contributed by atoms with Crippen LogP contribution in [-0.2, 0) is 21.9 Å². The Bertz CT molecular complexity index is 899. The molecule has 0 fully saturated rings. The van der Waals surface area contributed by atoms with Crippen LogP contribution in [0.2, 0.25) is 20.1 Å². The molecule has 0 heterocycles. The Kier molecular flexibility index (Phi) is 10.3. The smallest absolute Gasteiger partial charge is 0.242 e. The van der Waals surface area contributed by atoms with Gasteiger partial charge in [-0.05, 0) is 50.6 Å². The summed E-state index contributed by atoms with van der Waals surface area (Å²) in [5.74, 6) is 0.154. The van der Waals surface area contributed by atoms with Crippen LogP contribution in [0.25, 0.3) is 0 Å². The van der Waals surface area contributed by atoms with Gasteiger partial charge in [-0.25, -0.2) is 0 Å². The standard InChI is InChI=1S/C22H24Cl4N2O2S/c1-13(2)27-22(30)14(3)28(10-15-17(23)6-4-7-18(15)24)21(29)12-31-11-16-19(25)8-5-9-20(16)26/h4-9,13-14H,10-12H2,1-3H3,(H,27,30)/t14-/m1/s1. The minimum absolute atomic E-state index is 0.0486. The summed E-state index contributed by atoms with van der Waals surface area (Å²) in [7, 11) is 0. The number of carbonyl (C=O) groups excluding carboxylic acids is 2. The number of halogens is 4. The molecule has 0 aromatic heterocycles. The summed E-state index contributed by atoms with van der Waals surface area (Å²) in [6.07, 6.45) is 0. The van der Waals surface area contributed by atoms with Crippen molar-refractivity contribution in [3.63, 3.8) is 0 Å². The highest BCUT2D eigenvalue weighted by Crippen LogP contribution is 2.29. The molecule has 1 N–H and O–H groups in total. The summed E-state index contributed by atoms with van der Waals surface area (Å²) < 4.78 is 0. The maximum Gasteiger partial charge on any atom is 0.242 e. The minimum Gasteiger partial charge on any atom is -0.352 e. The molecule has 0 saturated carbocycles. The predicted octanol–water partition coefficient (Wildman–Crippen LogP) is 6.48. The lowest BCUT2D eigenvalue weighted by Gasteiger charge is -2.30. The van der Waals surface area contributed by atoms with Gasteiger partial charge < -0.3 is 10.2 Å². The largest absolute Gasteiger partial charge is 0.352 e.